The molecule has 2 aromatic rings. The number of nitrogens with zero attached hydrogens (tertiary/aromatic N) is 2. The Hall–Kier alpha value is -2.17. The van der Waals surface area contributed by atoms with Crippen molar-refractivity contribution in [2.75, 3.05) is 19.6 Å². The van der Waals surface area contributed by atoms with Gasteiger partial charge in [0.15, 0.2) is 0 Å². The number of ether oxygens (including phenoxy) is 1. The van der Waals surface area contributed by atoms with E-state index in [1.54, 1.807) is 12.4 Å². The number of pyridine rings is 1. The van der Waals surface area contributed by atoms with E-state index in [2.05, 4.69) is 40.8 Å². The Morgan fingerprint density at radius 3 is 2.46 bits per heavy atom. The van der Waals surface area contributed by atoms with Crippen LogP contribution in [0.3, 0.4) is 0 Å². The van der Waals surface area contributed by atoms with Gasteiger partial charge in [0.25, 0.3) is 0 Å². The van der Waals surface area contributed by atoms with Crippen molar-refractivity contribution in [1.82, 2.24) is 15.2 Å². The number of nitrogens with one attached hydrogen (secondary N) is 1. The second-order valence-corrected chi connectivity index (χ2v) is 7.18. The van der Waals surface area contributed by atoms with E-state index in [1.165, 1.54) is 24.0 Å². The van der Waals surface area contributed by atoms with Crippen molar-refractivity contribution in [3.05, 3.63) is 72.1 Å². The SMILES string of the molecule is C=C(C)CN1CCC(NCc2ccc(OCc3ccncc3)cc2)CC1. The fourth-order valence-corrected chi connectivity index (χ4v) is 3.29. The third-order valence-corrected chi connectivity index (χ3v) is 4.75. The Morgan fingerprint density at radius 1 is 1.12 bits per heavy atom. The summed E-state index contributed by atoms with van der Waals surface area (Å²) in [6.45, 7) is 11.0. The fourth-order valence-electron chi connectivity index (χ4n) is 3.29. The molecule has 0 aliphatic carbocycles. The summed E-state index contributed by atoms with van der Waals surface area (Å²) in [5.41, 5.74) is 3.68. The molecule has 4 nitrogen and oxygen atoms in total. The zero-order valence-corrected chi connectivity index (χ0v) is 15.7. The zero-order chi connectivity index (χ0) is 18.2. The van der Waals surface area contributed by atoms with Gasteiger partial charge in [-0.3, -0.25) is 9.88 Å². The minimum atomic E-state index is 0.572. The van der Waals surface area contributed by atoms with Crippen molar-refractivity contribution in [1.29, 1.82) is 0 Å². The van der Waals surface area contributed by atoms with Gasteiger partial charge in [-0.25, -0.2) is 0 Å². The molecule has 0 radical (unpaired) electrons. The molecule has 0 atom stereocenters. The Labute approximate surface area is 156 Å². The first kappa shape index (κ1) is 18.6. The fraction of sp³-hybridized carbons (Fsp3) is 0.409. The molecule has 26 heavy (non-hydrogen) atoms. The third-order valence-electron chi connectivity index (χ3n) is 4.75. The van der Waals surface area contributed by atoms with Gasteiger partial charge >= 0.3 is 0 Å². The molecule has 2 heterocycles. The molecule has 0 bridgehead atoms. The van der Waals surface area contributed by atoms with E-state index in [0.717, 1.165) is 37.5 Å². The standard InChI is InChI=1S/C22H29N3O/c1-18(2)16-25-13-9-21(10-14-25)24-15-19-3-5-22(6-4-19)26-17-20-7-11-23-12-8-20/h3-8,11-12,21,24H,1,9-10,13-17H2,2H3. The molecule has 0 unspecified atom stereocenters. The summed E-state index contributed by atoms with van der Waals surface area (Å²) in [4.78, 5) is 6.51. The van der Waals surface area contributed by atoms with E-state index in [4.69, 9.17) is 4.74 Å². The predicted octanol–water partition coefficient (Wildman–Crippen LogP) is 3.79. The molecule has 0 saturated carbocycles. The minimum Gasteiger partial charge on any atom is -0.489 e. The molecular weight excluding hydrogens is 322 g/mol. The lowest BCUT2D eigenvalue weighted by Gasteiger charge is -2.32. The summed E-state index contributed by atoms with van der Waals surface area (Å²) in [7, 11) is 0. The topological polar surface area (TPSA) is 37.4 Å². The van der Waals surface area contributed by atoms with Crippen molar-refractivity contribution < 1.29 is 4.74 Å². The second-order valence-electron chi connectivity index (χ2n) is 7.18. The van der Waals surface area contributed by atoms with Crippen LogP contribution in [0.1, 0.15) is 30.9 Å². The maximum atomic E-state index is 5.82. The summed E-state index contributed by atoms with van der Waals surface area (Å²) < 4.78 is 5.82. The lowest BCUT2D eigenvalue weighted by Crippen LogP contribution is -2.42. The Morgan fingerprint density at radius 2 is 1.81 bits per heavy atom. The van der Waals surface area contributed by atoms with Crippen molar-refractivity contribution in [3.8, 4) is 5.75 Å². The lowest BCUT2D eigenvalue weighted by atomic mass is 10.0. The molecule has 1 fully saturated rings. The maximum Gasteiger partial charge on any atom is 0.119 e. The highest BCUT2D eigenvalue weighted by atomic mass is 16.5. The average molecular weight is 351 g/mol. The highest BCUT2D eigenvalue weighted by Gasteiger charge is 2.18. The normalized spacial score (nSPS) is 15.7. The van der Waals surface area contributed by atoms with Gasteiger partial charge in [0.2, 0.25) is 0 Å². The zero-order valence-electron chi connectivity index (χ0n) is 15.7. The Bertz CT molecular complexity index is 676. The third kappa shape index (κ3) is 5.97. The van der Waals surface area contributed by atoms with Crippen LogP contribution in [-0.2, 0) is 13.2 Å². The molecule has 1 aromatic heterocycles. The van der Waals surface area contributed by atoms with Gasteiger partial charge in [-0.2, -0.15) is 0 Å². The van der Waals surface area contributed by atoms with Crippen LogP contribution >= 0.6 is 0 Å². The summed E-state index contributed by atoms with van der Waals surface area (Å²) in [5.74, 6) is 0.902. The summed E-state index contributed by atoms with van der Waals surface area (Å²) in [5, 5.41) is 3.69. The van der Waals surface area contributed by atoms with E-state index in [-0.39, 0.29) is 0 Å². The molecule has 1 aromatic carbocycles. The second kappa shape index (κ2) is 9.51. The van der Waals surface area contributed by atoms with Gasteiger partial charge in [-0.05, 0) is 68.2 Å². The van der Waals surface area contributed by atoms with Gasteiger partial charge in [0.1, 0.15) is 12.4 Å². The molecule has 3 rings (SSSR count). The molecule has 0 spiro atoms. The molecule has 1 aliphatic rings. The van der Waals surface area contributed by atoms with E-state index >= 15 is 0 Å². The quantitative estimate of drug-likeness (QED) is 0.734. The predicted molar refractivity (Wildman–Crippen MR) is 106 cm³/mol. The van der Waals surface area contributed by atoms with Crippen molar-refractivity contribution in [3.63, 3.8) is 0 Å². The summed E-state index contributed by atoms with van der Waals surface area (Å²) in [6, 6.07) is 12.9. The highest BCUT2D eigenvalue weighted by Crippen LogP contribution is 2.16. The van der Waals surface area contributed by atoms with Crippen LogP contribution in [0, 0.1) is 0 Å². The largest absolute Gasteiger partial charge is 0.489 e. The van der Waals surface area contributed by atoms with Crippen LogP contribution in [0.25, 0.3) is 0 Å². The minimum absolute atomic E-state index is 0.572. The molecule has 1 aliphatic heterocycles. The van der Waals surface area contributed by atoms with Gasteiger partial charge in [-0.15, -0.1) is 0 Å². The van der Waals surface area contributed by atoms with E-state index in [9.17, 15) is 0 Å². The maximum absolute atomic E-state index is 5.82. The molecule has 1 N–H and O–H groups in total. The average Bonchev–Trinajstić information content (AvgIpc) is 2.67. The van der Waals surface area contributed by atoms with Crippen LogP contribution < -0.4 is 10.1 Å². The first-order valence-electron chi connectivity index (χ1n) is 9.40. The van der Waals surface area contributed by atoms with Crippen molar-refractivity contribution in [2.24, 2.45) is 0 Å². The molecular formula is C22H29N3O. The van der Waals surface area contributed by atoms with Gasteiger partial charge in [-0.1, -0.05) is 24.3 Å². The Kier molecular flexibility index (Phi) is 6.81. The van der Waals surface area contributed by atoms with Crippen LogP contribution in [-0.4, -0.2) is 35.6 Å². The van der Waals surface area contributed by atoms with E-state index < -0.39 is 0 Å². The number of rotatable bonds is 8. The molecule has 0 amide bonds. The van der Waals surface area contributed by atoms with Crippen molar-refractivity contribution >= 4 is 0 Å². The lowest BCUT2D eigenvalue weighted by molar-refractivity contribution is 0.211. The summed E-state index contributed by atoms with van der Waals surface area (Å²) >= 11 is 0. The number of benzene rings is 1. The number of aromatic nitrogens is 1. The molecule has 1 saturated heterocycles. The summed E-state index contributed by atoms with van der Waals surface area (Å²) in [6.07, 6.45) is 5.99. The monoisotopic (exact) mass is 351 g/mol. The van der Waals surface area contributed by atoms with Gasteiger partial charge in [0, 0.05) is 31.5 Å². The van der Waals surface area contributed by atoms with E-state index in [1.807, 2.05) is 24.3 Å². The number of hydrogen-bond donors (Lipinski definition) is 1. The number of likely N-dealkylation sites (tertiary alicyclic amines) is 1. The Balaban J connectivity index is 1.39. The smallest absolute Gasteiger partial charge is 0.119 e. The van der Waals surface area contributed by atoms with Crippen LogP contribution in [0.5, 0.6) is 5.75 Å². The number of piperidine rings is 1. The van der Waals surface area contributed by atoms with Crippen LogP contribution in [0.2, 0.25) is 0 Å². The van der Waals surface area contributed by atoms with Crippen LogP contribution in [0.4, 0.5) is 0 Å². The van der Waals surface area contributed by atoms with Gasteiger partial charge < -0.3 is 10.1 Å². The molecule has 4 heteroatoms. The highest BCUT2D eigenvalue weighted by molar-refractivity contribution is 5.27. The first-order valence-corrected chi connectivity index (χ1v) is 9.40. The number of hydrogen-bond acceptors (Lipinski definition) is 4. The first-order chi connectivity index (χ1) is 12.7. The molecule has 138 valence electrons. The van der Waals surface area contributed by atoms with Crippen LogP contribution in [0.15, 0.2) is 60.9 Å². The van der Waals surface area contributed by atoms with Crippen molar-refractivity contribution in [2.45, 2.75) is 39.0 Å². The van der Waals surface area contributed by atoms with E-state index in [0.29, 0.717) is 12.6 Å². The van der Waals surface area contributed by atoms with Gasteiger partial charge in [0.05, 0.1) is 0 Å².